The van der Waals surface area contributed by atoms with Crippen LogP contribution in [0.15, 0.2) is 48.8 Å². The van der Waals surface area contributed by atoms with Crippen molar-refractivity contribution in [3.8, 4) is 0 Å². The number of benzene rings is 1. The summed E-state index contributed by atoms with van der Waals surface area (Å²) < 4.78 is 10.7. The lowest BCUT2D eigenvalue weighted by Crippen LogP contribution is -2.49. The minimum absolute atomic E-state index is 0.189. The first-order valence-electron chi connectivity index (χ1n) is 13.0. The molecule has 10 heteroatoms. The van der Waals surface area contributed by atoms with E-state index in [1.807, 2.05) is 30.3 Å². The molecule has 0 bridgehead atoms. The molecule has 1 aromatic heterocycles. The van der Waals surface area contributed by atoms with Gasteiger partial charge >= 0.3 is 11.9 Å². The van der Waals surface area contributed by atoms with Crippen LogP contribution in [-0.4, -0.2) is 70.6 Å². The van der Waals surface area contributed by atoms with Gasteiger partial charge in [-0.15, -0.1) is 0 Å². The van der Waals surface area contributed by atoms with Gasteiger partial charge < -0.3 is 25.4 Å². The van der Waals surface area contributed by atoms with Crippen LogP contribution in [0.5, 0.6) is 0 Å². The van der Waals surface area contributed by atoms with Gasteiger partial charge in [0.25, 0.3) is 0 Å². The maximum absolute atomic E-state index is 13.1. The number of carbonyl (C=O) groups excluding carboxylic acids is 3. The van der Waals surface area contributed by atoms with Crippen LogP contribution in [0.25, 0.3) is 0 Å². The van der Waals surface area contributed by atoms with Gasteiger partial charge in [-0.3, -0.25) is 4.79 Å². The fourth-order valence-corrected chi connectivity index (χ4v) is 4.31. The van der Waals surface area contributed by atoms with Crippen LogP contribution >= 0.6 is 0 Å². The van der Waals surface area contributed by atoms with E-state index in [9.17, 15) is 14.4 Å². The minimum atomic E-state index is -1.03. The fraction of sp³-hybridized carbons (Fsp3) is 0.519. The number of anilines is 1. The van der Waals surface area contributed by atoms with Crippen molar-refractivity contribution in [2.24, 2.45) is 5.73 Å². The summed E-state index contributed by atoms with van der Waals surface area (Å²) >= 11 is 0. The Morgan fingerprint density at radius 1 is 1.11 bits per heavy atom. The van der Waals surface area contributed by atoms with Gasteiger partial charge in [0.1, 0.15) is 6.04 Å². The lowest BCUT2D eigenvalue weighted by Gasteiger charge is -2.27. The number of amides is 1. The van der Waals surface area contributed by atoms with Crippen LogP contribution in [0.1, 0.15) is 51.0 Å². The highest BCUT2D eigenvalue weighted by Gasteiger charge is 2.39. The number of nitrogens with zero attached hydrogens (tertiary/aromatic N) is 3. The van der Waals surface area contributed by atoms with Gasteiger partial charge in [-0.1, -0.05) is 30.3 Å². The number of aromatic nitrogens is 2. The average Bonchev–Trinajstić information content (AvgIpc) is 3.41. The summed E-state index contributed by atoms with van der Waals surface area (Å²) in [6.07, 6.45) is 6.35. The molecule has 2 heterocycles. The third kappa shape index (κ3) is 8.82. The number of hydrogen-bond donors (Lipinski definition) is 2. The lowest BCUT2D eigenvalue weighted by molar-refractivity contribution is -0.171. The first kappa shape index (κ1) is 28.0. The van der Waals surface area contributed by atoms with Gasteiger partial charge in [0.05, 0.1) is 12.6 Å². The number of likely N-dealkylation sites (tertiary alicyclic amines) is 1. The Hall–Kier alpha value is -3.53. The van der Waals surface area contributed by atoms with Gasteiger partial charge in [0, 0.05) is 25.5 Å². The van der Waals surface area contributed by atoms with Gasteiger partial charge in [-0.05, 0) is 63.5 Å². The number of nitrogens with two attached hydrogens (primary N) is 1. The molecule has 1 aliphatic heterocycles. The largest absolute Gasteiger partial charge is 0.463 e. The maximum atomic E-state index is 13.1. The Bertz CT molecular complexity index is 991. The summed E-state index contributed by atoms with van der Waals surface area (Å²) in [6.45, 7) is 3.00. The molecule has 200 valence electrons. The summed E-state index contributed by atoms with van der Waals surface area (Å²) in [6, 6.07) is 9.95. The van der Waals surface area contributed by atoms with E-state index in [4.69, 9.17) is 15.2 Å². The van der Waals surface area contributed by atoms with E-state index in [0.717, 1.165) is 18.4 Å². The van der Waals surface area contributed by atoms with E-state index in [2.05, 4.69) is 15.3 Å². The second-order valence-electron chi connectivity index (χ2n) is 8.99. The van der Waals surface area contributed by atoms with E-state index < -0.39 is 30.1 Å². The number of rotatable bonds is 14. The zero-order chi connectivity index (χ0) is 26.5. The van der Waals surface area contributed by atoms with Crippen LogP contribution in [0.4, 0.5) is 5.95 Å². The fourth-order valence-electron chi connectivity index (χ4n) is 4.31. The van der Waals surface area contributed by atoms with Crippen LogP contribution in [0, 0.1) is 0 Å². The molecule has 1 amide bonds. The summed E-state index contributed by atoms with van der Waals surface area (Å²) in [7, 11) is 0. The zero-order valence-electron chi connectivity index (χ0n) is 21.4. The molecule has 1 saturated heterocycles. The SMILES string of the molecule is CCOC(=O)[C@H](CCc1ccccc1)OC(=O)[C@@H]1CCCN1C(=O)[C@@H](N)CCCCNc1ncccn1. The molecule has 37 heavy (non-hydrogen) atoms. The topological polar surface area (TPSA) is 137 Å². The van der Waals surface area contributed by atoms with E-state index in [-0.39, 0.29) is 12.5 Å². The Balaban J connectivity index is 1.49. The molecular formula is C27H37N5O5. The third-order valence-electron chi connectivity index (χ3n) is 6.26. The van der Waals surface area contributed by atoms with Gasteiger partial charge in [-0.2, -0.15) is 0 Å². The summed E-state index contributed by atoms with van der Waals surface area (Å²) in [4.78, 5) is 48.3. The molecule has 0 unspecified atom stereocenters. The Labute approximate surface area is 217 Å². The van der Waals surface area contributed by atoms with E-state index >= 15 is 0 Å². The van der Waals surface area contributed by atoms with Gasteiger partial charge in [0.2, 0.25) is 11.9 Å². The second kappa shape index (κ2) is 14.9. The summed E-state index contributed by atoms with van der Waals surface area (Å²) in [5.74, 6) is -0.868. The number of esters is 2. The zero-order valence-corrected chi connectivity index (χ0v) is 21.4. The van der Waals surface area contributed by atoms with E-state index in [1.165, 1.54) is 4.90 Å². The van der Waals surface area contributed by atoms with Crippen molar-refractivity contribution in [2.45, 2.75) is 70.1 Å². The molecule has 0 radical (unpaired) electrons. The lowest BCUT2D eigenvalue weighted by atomic mass is 10.1. The highest BCUT2D eigenvalue weighted by molar-refractivity contribution is 5.89. The predicted molar refractivity (Wildman–Crippen MR) is 138 cm³/mol. The summed E-state index contributed by atoms with van der Waals surface area (Å²) in [5.41, 5.74) is 7.22. The molecule has 3 rings (SSSR count). The van der Waals surface area contributed by atoms with Crippen molar-refractivity contribution in [1.29, 1.82) is 0 Å². The first-order valence-corrected chi connectivity index (χ1v) is 13.0. The standard InChI is InChI=1S/C27H37N5O5/c1-2-36-26(35)23(15-14-20-10-4-3-5-11-20)37-25(34)22-13-8-19-32(22)24(33)21(28)12-6-7-16-29-27-30-17-9-18-31-27/h3-5,9-11,17-18,21-23H,2,6-8,12-16,19,28H2,1H3,(H,29,30,31)/t21-,22-,23-/m0/s1. The number of hydrogen-bond acceptors (Lipinski definition) is 9. The molecular weight excluding hydrogens is 474 g/mol. The van der Waals surface area contributed by atoms with Crippen molar-refractivity contribution in [3.63, 3.8) is 0 Å². The molecule has 0 saturated carbocycles. The Morgan fingerprint density at radius 3 is 2.59 bits per heavy atom. The van der Waals surface area contributed by atoms with Crippen molar-refractivity contribution >= 4 is 23.8 Å². The molecule has 1 aliphatic rings. The molecule has 2 aromatic rings. The molecule has 1 aromatic carbocycles. The smallest absolute Gasteiger partial charge is 0.347 e. The second-order valence-corrected chi connectivity index (χ2v) is 8.99. The first-order chi connectivity index (χ1) is 18.0. The number of carbonyl (C=O) groups is 3. The van der Waals surface area contributed by atoms with Crippen molar-refractivity contribution in [2.75, 3.05) is 25.0 Å². The maximum Gasteiger partial charge on any atom is 0.347 e. The third-order valence-corrected chi connectivity index (χ3v) is 6.26. The molecule has 3 atom stereocenters. The minimum Gasteiger partial charge on any atom is -0.463 e. The van der Waals surface area contributed by atoms with Crippen molar-refractivity contribution < 1.29 is 23.9 Å². The van der Waals surface area contributed by atoms with Crippen LogP contribution < -0.4 is 11.1 Å². The molecule has 0 spiro atoms. The number of aryl methyl sites for hydroxylation is 1. The molecule has 0 aliphatic carbocycles. The normalized spacial score (nSPS) is 16.6. The van der Waals surface area contributed by atoms with Crippen molar-refractivity contribution in [3.05, 3.63) is 54.4 Å². The molecule has 3 N–H and O–H groups in total. The van der Waals surface area contributed by atoms with Crippen molar-refractivity contribution in [1.82, 2.24) is 14.9 Å². The van der Waals surface area contributed by atoms with Gasteiger partial charge in [0.15, 0.2) is 6.10 Å². The Morgan fingerprint density at radius 2 is 1.86 bits per heavy atom. The predicted octanol–water partition coefficient (Wildman–Crippen LogP) is 2.48. The number of ether oxygens (including phenoxy) is 2. The highest BCUT2D eigenvalue weighted by atomic mass is 16.6. The molecule has 1 fully saturated rings. The van der Waals surface area contributed by atoms with E-state index in [1.54, 1.807) is 25.4 Å². The average molecular weight is 512 g/mol. The van der Waals surface area contributed by atoms with Crippen LogP contribution in [-0.2, 0) is 30.3 Å². The summed E-state index contributed by atoms with van der Waals surface area (Å²) in [5, 5.41) is 3.12. The van der Waals surface area contributed by atoms with Gasteiger partial charge in [-0.25, -0.2) is 19.6 Å². The van der Waals surface area contributed by atoms with Crippen LogP contribution in [0.2, 0.25) is 0 Å². The number of unbranched alkanes of at least 4 members (excludes halogenated alkanes) is 1. The molecule has 10 nitrogen and oxygen atoms in total. The Kier molecular flexibility index (Phi) is 11.3. The monoisotopic (exact) mass is 511 g/mol. The van der Waals surface area contributed by atoms with E-state index in [0.29, 0.717) is 51.1 Å². The van der Waals surface area contributed by atoms with Crippen LogP contribution in [0.3, 0.4) is 0 Å². The highest BCUT2D eigenvalue weighted by Crippen LogP contribution is 2.22. The number of nitrogens with one attached hydrogen (secondary N) is 1. The quantitative estimate of drug-likeness (QED) is 0.289.